The van der Waals surface area contributed by atoms with Gasteiger partial charge in [0, 0.05) is 0 Å². The monoisotopic (exact) mass is 365 g/mol. The first-order valence-corrected chi connectivity index (χ1v) is 8.24. The lowest BCUT2D eigenvalue weighted by atomic mass is 10.3. The van der Waals surface area contributed by atoms with Gasteiger partial charge in [0.25, 0.3) is 10.0 Å². The van der Waals surface area contributed by atoms with Crippen LogP contribution in [0.3, 0.4) is 0 Å². The molecule has 102 valence electrons. The molecule has 2 N–H and O–H groups in total. The zero-order chi connectivity index (χ0) is 14.0. The van der Waals surface area contributed by atoms with E-state index in [1.807, 2.05) is 0 Å². The van der Waals surface area contributed by atoms with Gasteiger partial charge in [-0.1, -0.05) is 0 Å². The third-order valence-corrected chi connectivity index (χ3v) is 5.73. The van der Waals surface area contributed by atoms with Gasteiger partial charge in [0.15, 0.2) is 0 Å². The topological polar surface area (TPSA) is 66.4 Å². The van der Waals surface area contributed by atoms with Crippen LogP contribution in [0, 0.1) is 5.82 Å². The fourth-order valence-corrected chi connectivity index (χ4v) is 3.97. The predicted octanol–water partition coefficient (Wildman–Crippen LogP) is 2.94. The van der Waals surface area contributed by atoms with Gasteiger partial charge < -0.3 is 5.11 Å². The molecule has 0 spiro atoms. The number of anilines is 1. The van der Waals surface area contributed by atoms with Crippen LogP contribution in [-0.2, 0) is 16.6 Å². The van der Waals surface area contributed by atoms with Crippen LogP contribution in [0.1, 0.15) is 5.56 Å². The average molecular weight is 366 g/mol. The summed E-state index contributed by atoms with van der Waals surface area (Å²) in [7, 11) is -3.72. The first-order valence-electron chi connectivity index (χ1n) is 5.08. The van der Waals surface area contributed by atoms with Crippen molar-refractivity contribution in [1.29, 1.82) is 0 Å². The van der Waals surface area contributed by atoms with Crippen LogP contribution in [0.2, 0.25) is 0 Å². The Kier molecular flexibility index (Phi) is 4.24. The number of aliphatic hydroxyl groups is 1. The molecule has 1 aromatic carbocycles. The van der Waals surface area contributed by atoms with E-state index in [1.165, 1.54) is 18.2 Å². The summed E-state index contributed by atoms with van der Waals surface area (Å²) in [5.74, 6) is -0.471. The van der Waals surface area contributed by atoms with Crippen LogP contribution >= 0.6 is 27.3 Å². The van der Waals surface area contributed by atoms with E-state index >= 15 is 0 Å². The third-order valence-electron chi connectivity index (χ3n) is 2.25. The molecule has 0 aliphatic heterocycles. The van der Waals surface area contributed by atoms with Crippen molar-refractivity contribution in [2.45, 2.75) is 10.8 Å². The minimum Gasteiger partial charge on any atom is -0.392 e. The summed E-state index contributed by atoms with van der Waals surface area (Å²) in [5, 5.41) is 10.5. The first-order chi connectivity index (χ1) is 8.92. The normalized spacial score (nSPS) is 11.5. The van der Waals surface area contributed by atoms with Gasteiger partial charge in [0.2, 0.25) is 0 Å². The molecule has 0 amide bonds. The summed E-state index contributed by atoms with van der Waals surface area (Å²) in [6.07, 6.45) is 0. The summed E-state index contributed by atoms with van der Waals surface area (Å²) in [5.41, 5.74) is 0.790. The Hall–Kier alpha value is -0.960. The van der Waals surface area contributed by atoms with Crippen molar-refractivity contribution < 1.29 is 17.9 Å². The highest BCUT2D eigenvalue weighted by atomic mass is 79.9. The lowest BCUT2D eigenvalue weighted by Gasteiger charge is -2.06. The van der Waals surface area contributed by atoms with Crippen molar-refractivity contribution in [3.63, 3.8) is 0 Å². The largest absolute Gasteiger partial charge is 0.392 e. The van der Waals surface area contributed by atoms with Crippen LogP contribution < -0.4 is 4.72 Å². The summed E-state index contributed by atoms with van der Waals surface area (Å²) < 4.78 is 39.7. The molecule has 0 saturated carbocycles. The molecule has 8 heteroatoms. The van der Waals surface area contributed by atoms with Crippen LogP contribution in [0.25, 0.3) is 0 Å². The molecular formula is C11H9BrFNO3S2. The van der Waals surface area contributed by atoms with Gasteiger partial charge >= 0.3 is 0 Å². The Morgan fingerprint density at radius 2 is 2.11 bits per heavy atom. The molecule has 0 aliphatic carbocycles. The van der Waals surface area contributed by atoms with E-state index in [9.17, 15) is 12.8 Å². The van der Waals surface area contributed by atoms with Gasteiger partial charge in [0.05, 0.1) is 16.8 Å². The number of rotatable bonds is 4. The van der Waals surface area contributed by atoms with Crippen molar-refractivity contribution in [2.75, 3.05) is 4.72 Å². The van der Waals surface area contributed by atoms with E-state index in [0.717, 1.165) is 17.4 Å². The van der Waals surface area contributed by atoms with Crippen molar-refractivity contribution >= 4 is 43.0 Å². The number of aliphatic hydroxyl groups excluding tert-OH is 1. The number of nitrogens with one attached hydrogen (secondary N) is 1. The molecule has 2 rings (SSSR count). The molecule has 0 atom stereocenters. The minimum absolute atomic E-state index is 0.0944. The summed E-state index contributed by atoms with van der Waals surface area (Å²) >= 11 is 4.00. The second-order valence-electron chi connectivity index (χ2n) is 3.67. The summed E-state index contributed by atoms with van der Waals surface area (Å²) in [4.78, 5) is 0. The molecule has 0 fully saturated rings. The SMILES string of the molecule is O=S(=O)(Nc1ccc(F)c(Br)c1)c1cc(CO)cs1. The number of halogens is 2. The Balaban J connectivity index is 2.28. The maximum atomic E-state index is 13.1. The molecule has 19 heavy (non-hydrogen) atoms. The lowest BCUT2D eigenvalue weighted by Crippen LogP contribution is -2.11. The van der Waals surface area contributed by atoms with E-state index in [2.05, 4.69) is 20.7 Å². The van der Waals surface area contributed by atoms with Gasteiger partial charge in [-0.15, -0.1) is 11.3 Å². The average Bonchev–Trinajstić information content (AvgIpc) is 2.83. The third kappa shape index (κ3) is 3.33. The molecule has 0 saturated heterocycles. The fourth-order valence-electron chi connectivity index (χ4n) is 1.34. The Labute approximate surface area is 122 Å². The molecular weight excluding hydrogens is 357 g/mol. The van der Waals surface area contributed by atoms with Crippen molar-refractivity contribution in [1.82, 2.24) is 0 Å². The van der Waals surface area contributed by atoms with Crippen molar-refractivity contribution in [3.8, 4) is 0 Å². The molecule has 0 radical (unpaired) electrons. The molecule has 1 heterocycles. The van der Waals surface area contributed by atoms with E-state index in [0.29, 0.717) is 5.56 Å². The van der Waals surface area contributed by atoms with Crippen LogP contribution in [0.5, 0.6) is 0 Å². The van der Waals surface area contributed by atoms with Gasteiger partial charge in [-0.05, 0) is 51.1 Å². The maximum absolute atomic E-state index is 13.1. The summed E-state index contributed by atoms with van der Waals surface area (Å²) in [6, 6.07) is 5.23. The van der Waals surface area contributed by atoms with Crippen LogP contribution in [0.4, 0.5) is 10.1 Å². The Morgan fingerprint density at radius 3 is 2.68 bits per heavy atom. The number of hydrogen-bond donors (Lipinski definition) is 2. The highest BCUT2D eigenvalue weighted by molar-refractivity contribution is 9.10. The van der Waals surface area contributed by atoms with E-state index in [1.54, 1.807) is 5.38 Å². The zero-order valence-corrected chi connectivity index (χ0v) is 12.6. The predicted molar refractivity (Wildman–Crippen MR) is 75.2 cm³/mol. The number of benzene rings is 1. The first kappa shape index (κ1) is 14.4. The summed E-state index contributed by atoms with van der Waals surface area (Å²) in [6.45, 7) is -0.214. The molecule has 2 aromatic rings. The van der Waals surface area contributed by atoms with E-state index in [-0.39, 0.29) is 21.0 Å². The molecule has 4 nitrogen and oxygen atoms in total. The lowest BCUT2D eigenvalue weighted by molar-refractivity contribution is 0.282. The minimum atomic E-state index is -3.72. The van der Waals surface area contributed by atoms with Crippen molar-refractivity contribution in [2.24, 2.45) is 0 Å². The smallest absolute Gasteiger partial charge is 0.271 e. The standard InChI is InChI=1S/C11H9BrFNO3S2/c12-9-4-8(1-2-10(9)13)14-19(16,17)11-3-7(5-15)6-18-11/h1-4,6,14-15H,5H2. The van der Waals surface area contributed by atoms with Crippen molar-refractivity contribution in [3.05, 3.63) is 45.5 Å². The molecule has 1 aromatic heterocycles. The Morgan fingerprint density at radius 1 is 1.37 bits per heavy atom. The van der Waals surface area contributed by atoms with Gasteiger partial charge in [-0.2, -0.15) is 0 Å². The fraction of sp³-hybridized carbons (Fsp3) is 0.0909. The van der Waals surface area contributed by atoms with Gasteiger partial charge in [-0.25, -0.2) is 12.8 Å². The maximum Gasteiger partial charge on any atom is 0.271 e. The quantitative estimate of drug-likeness (QED) is 0.875. The second kappa shape index (κ2) is 5.58. The highest BCUT2D eigenvalue weighted by Gasteiger charge is 2.17. The Bertz CT molecular complexity index is 700. The second-order valence-corrected chi connectivity index (χ2v) is 7.34. The van der Waals surface area contributed by atoms with Crippen LogP contribution in [-0.4, -0.2) is 13.5 Å². The number of sulfonamides is 1. The number of hydrogen-bond acceptors (Lipinski definition) is 4. The molecule has 0 unspecified atom stereocenters. The zero-order valence-electron chi connectivity index (χ0n) is 9.43. The van der Waals surface area contributed by atoms with E-state index in [4.69, 9.17) is 5.11 Å². The van der Waals surface area contributed by atoms with Gasteiger partial charge in [0.1, 0.15) is 10.0 Å². The van der Waals surface area contributed by atoms with E-state index < -0.39 is 15.8 Å². The van der Waals surface area contributed by atoms with Crippen LogP contribution in [0.15, 0.2) is 38.3 Å². The molecule has 0 aliphatic rings. The highest BCUT2D eigenvalue weighted by Crippen LogP contribution is 2.25. The molecule has 0 bridgehead atoms. The van der Waals surface area contributed by atoms with Gasteiger partial charge in [-0.3, -0.25) is 4.72 Å². The number of thiophene rings is 1.